The van der Waals surface area contributed by atoms with Gasteiger partial charge < -0.3 is 5.32 Å². The minimum Gasteiger partial charge on any atom is -0.359 e. The van der Waals surface area contributed by atoms with E-state index in [-0.39, 0.29) is 11.3 Å². The van der Waals surface area contributed by atoms with Gasteiger partial charge in [0.05, 0.1) is 0 Å². The van der Waals surface area contributed by atoms with Crippen molar-refractivity contribution in [3.8, 4) is 0 Å². The lowest BCUT2D eigenvalue weighted by molar-refractivity contribution is -0.122. The first-order valence-corrected chi connectivity index (χ1v) is 5.16. The summed E-state index contributed by atoms with van der Waals surface area (Å²) in [5.74, 6) is 0.113. The van der Waals surface area contributed by atoms with E-state index >= 15 is 0 Å². The van der Waals surface area contributed by atoms with E-state index in [9.17, 15) is 4.79 Å². The predicted octanol–water partition coefficient (Wildman–Crippen LogP) is 3.22. The summed E-state index contributed by atoms with van der Waals surface area (Å²) in [6.07, 6.45) is 0.601. The Kier molecular flexibility index (Phi) is 16.1. The highest BCUT2D eigenvalue weighted by atomic mass is 16.1. The lowest BCUT2D eigenvalue weighted by atomic mass is 9.92. The molecule has 0 heterocycles. The molecule has 1 N–H and O–H groups in total. The molecule has 0 saturated carbocycles. The molecule has 0 aliphatic heterocycles. The monoisotopic (exact) mass is 189 g/mol. The van der Waals surface area contributed by atoms with Crippen molar-refractivity contribution < 1.29 is 4.79 Å². The van der Waals surface area contributed by atoms with E-state index in [2.05, 4.69) is 5.32 Å². The SMILES string of the molecule is CC.CC.CNC(=O)CC(C)(C)C. The lowest BCUT2D eigenvalue weighted by Gasteiger charge is -2.15. The molecule has 0 atom stereocenters. The van der Waals surface area contributed by atoms with E-state index in [1.165, 1.54) is 0 Å². The van der Waals surface area contributed by atoms with Crippen molar-refractivity contribution in [1.82, 2.24) is 5.32 Å². The van der Waals surface area contributed by atoms with Crippen molar-refractivity contribution in [2.24, 2.45) is 5.41 Å². The average Bonchev–Trinajstić information content (AvgIpc) is 2.09. The fraction of sp³-hybridized carbons (Fsp3) is 0.909. The third-order valence-corrected chi connectivity index (χ3v) is 0.970. The molecule has 2 nitrogen and oxygen atoms in total. The maximum absolute atomic E-state index is 10.7. The Balaban J connectivity index is -0.000000218. The normalized spacial score (nSPS) is 8.62. The summed E-state index contributed by atoms with van der Waals surface area (Å²) in [5, 5.41) is 2.58. The molecular formula is C11H27NO. The Morgan fingerprint density at radius 3 is 1.46 bits per heavy atom. The first-order valence-electron chi connectivity index (χ1n) is 5.16. The molecule has 0 fully saturated rings. The van der Waals surface area contributed by atoms with Crippen LogP contribution < -0.4 is 5.32 Å². The van der Waals surface area contributed by atoms with Crippen molar-refractivity contribution in [1.29, 1.82) is 0 Å². The third-order valence-electron chi connectivity index (χ3n) is 0.970. The van der Waals surface area contributed by atoms with Gasteiger partial charge in [-0.05, 0) is 5.41 Å². The molecule has 0 aromatic heterocycles. The minimum atomic E-state index is 0.111. The standard InChI is InChI=1S/C7H15NO.2C2H6/c1-7(2,3)5-6(9)8-4;2*1-2/h5H2,1-4H3,(H,8,9);2*1-2H3. The van der Waals surface area contributed by atoms with E-state index in [1.807, 2.05) is 48.5 Å². The highest BCUT2D eigenvalue weighted by molar-refractivity contribution is 5.76. The summed E-state index contributed by atoms with van der Waals surface area (Å²) in [6, 6.07) is 0. The number of rotatable bonds is 1. The molecule has 1 amide bonds. The molecule has 0 aliphatic rings. The predicted molar refractivity (Wildman–Crippen MR) is 60.8 cm³/mol. The smallest absolute Gasteiger partial charge is 0.220 e. The molecule has 0 aliphatic carbocycles. The van der Waals surface area contributed by atoms with Crippen molar-refractivity contribution in [2.45, 2.75) is 54.9 Å². The lowest BCUT2D eigenvalue weighted by Crippen LogP contribution is -2.23. The molecule has 0 bridgehead atoms. The number of carbonyl (C=O) groups excluding carboxylic acids is 1. The molecule has 13 heavy (non-hydrogen) atoms. The van der Waals surface area contributed by atoms with E-state index < -0.39 is 0 Å². The fourth-order valence-electron chi connectivity index (χ4n) is 0.570. The maximum atomic E-state index is 10.7. The van der Waals surface area contributed by atoms with Gasteiger partial charge in [0, 0.05) is 13.5 Å². The van der Waals surface area contributed by atoms with Crippen LogP contribution in [0.15, 0.2) is 0 Å². The molecule has 0 aromatic carbocycles. The second kappa shape index (κ2) is 11.5. The van der Waals surface area contributed by atoms with Gasteiger partial charge in [-0.15, -0.1) is 0 Å². The van der Waals surface area contributed by atoms with Gasteiger partial charge in [-0.25, -0.2) is 0 Å². The van der Waals surface area contributed by atoms with Gasteiger partial charge in [0.15, 0.2) is 0 Å². The fourth-order valence-corrected chi connectivity index (χ4v) is 0.570. The Hall–Kier alpha value is -0.530. The van der Waals surface area contributed by atoms with Crippen LogP contribution in [-0.2, 0) is 4.79 Å². The number of nitrogens with one attached hydrogen (secondary N) is 1. The minimum absolute atomic E-state index is 0.111. The second-order valence-electron chi connectivity index (χ2n) is 3.41. The maximum Gasteiger partial charge on any atom is 0.220 e. The number of carbonyl (C=O) groups is 1. The van der Waals surface area contributed by atoms with Crippen LogP contribution in [0, 0.1) is 5.41 Å². The highest BCUT2D eigenvalue weighted by Crippen LogP contribution is 2.17. The van der Waals surface area contributed by atoms with Crippen LogP contribution in [0.1, 0.15) is 54.9 Å². The zero-order chi connectivity index (χ0) is 11.5. The molecule has 0 radical (unpaired) electrons. The molecule has 0 unspecified atom stereocenters. The molecule has 0 saturated heterocycles. The van der Waals surface area contributed by atoms with Crippen LogP contribution in [0.3, 0.4) is 0 Å². The summed E-state index contributed by atoms with van der Waals surface area (Å²) < 4.78 is 0. The zero-order valence-corrected chi connectivity index (χ0v) is 10.6. The summed E-state index contributed by atoms with van der Waals surface area (Å²) >= 11 is 0. The van der Waals surface area contributed by atoms with Crippen molar-refractivity contribution in [3.63, 3.8) is 0 Å². The van der Waals surface area contributed by atoms with Gasteiger partial charge in [-0.3, -0.25) is 4.79 Å². The van der Waals surface area contributed by atoms with E-state index in [0.29, 0.717) is 6.42 Å². The van der Waals surface area contributed by atoms with Crippen molar-refractivity contribution >= 4 is 5.91 Å². The van der Waals surface area contributed by atoms with Crippen LogP contribution in [0.2, 0.25) is 0 Å². The summed E-state index contributed by atoms with van der Waals surface area (Å²) in [5.41, 5.74) is 0.111. The number of hydrogen-bond donors (Lipinski definition) is 1. The van der Waals surface area contributed by atoms with Gasteiger partial charge >= 0.3 is 0 Å². The Bertz CT molecular complexity index is 103. The van der Waals surface area contributed by atoms with Crippen molar-refractivity contribution in [2.75, 3.05) is 7.05 Å². The van der Waals surface area contributed by atoms with Crippen LogP contribution in [0.25, 0.3) is 0 Å². The summed E-state index contributed by atoms with van der Waals surface area (Å²) in [7, 11) is 1.66. The highest BCUT2D eigenvalue weighted by Gasteiger charge is 2.13. The molecule has 0 rings (SSSR count). The number of amides is 1. The molecule has 82 valence electrons. The van der Waals surface area contributed by atoms with Gasteiger partial charge in [-0.1, -0.05) is 48.5 Å². The van der Waals surface area contributed by atoms with Crippen LogP contribution in [-0.4, -0.2) is 13.0 Å². The molecule has 0 spiro atoms. The summed E-state index contributed by atoms with van der Waals surface area (Å²) in [4.78, 5) is 10.7. The van der Waals surface area contributed by atoms with Gasteiger partial charge in [0.1, 0.15) is 0 Å². The number of hydrogen-bond acceptors (Lipinski definition) is 1. The van der Waals surface area contributed by atoms with Crippen LogP contribution >= 0.6 is 0 Å². The first kappa shape index (κ1) is 18.3. The zero-order valence-electron chi connectivity index (χ0n) is 10.6. The average molecular weight is 189 g/mol. The second-order valence-corrected chi connectivity index (χ2v) is 3.41. The van der Waals surface area contributed by atoms with Crippen LogP contribution in [0.4, 0.5) is 0 Å². The van der Waals surface area contributed by atoms with E-state index in [0.717, 1.165) is 0 Å². The van der Waals surface area contributed by atoms with Gasteiger partial charge in [0.25, 0.3) is 0 Å². The van der Waals surface area contributed by atoms with Crippen molar-refractivity contribution in [3.05, 3.63) is 0 Å². The van der Waals surface area contributed by atoms with Gasteiger partial charge in [-0.2, -0.15) is 0 Å². The van der Waals surface area contributed by atoms with Crippen LogP contribution in [0.5, 0.6) is 0 Å². The van der Waals surface area contributed by atoms with E-state index in [4.69, 9.17) is 0 Å². The first-order chi connectivity index (χ1) is 5.95. The molecular weight excluding hydrogens is 162 g/mol. The summed E-state index contributed by atoms with van der Waals surface area (Å²) in [6.45, 7) is 14.1. The molecule has 0 aromatic rings. The third kappa shape index (κ3) is 24.6. The Morgan fingerprint density at radius 2 is 1.38 bits per heavy atom. The van der Waals surface area contributed by atoms with E-state index in [1.54, 1.807) is 7.05 Å². The largest absolute Gasteiger partial charge is 0.359 e. The Morgan fingerprint density at radius 1 is 1.08 bits per heavy atom. The topological polar surface area (TPSA) is 29.1 Å². The molecule has 2 heteroatoms. The Labute approximate surface area is 84.1 Å². The van der Waals surface area contributed by atoms with Gasteiger partial charge in [0.2, 0.25) is 5.91 Å². The quantitative estimate of drug-likeness (QED) is 0.674.